The van der Waals surface area contributed by atoms with Crippen molar-refractivity contribution in [3.63, 3.8) is 0 Å². The highest BCUT2D eigenvalue weighted by Crippen LogP contribution is 2.36. The van der Waals surface area contributed by atoms with Crippen molar-refractivity contribution < 1.29 is 14.1 Å². The van der Waals surface area contributed by atoms with Gasteiger partial charge in [0.05, 0.1) is 0 Å². The van der Waals surface area contributed by atoms with Gasteiger partial charge in [-0.15, -0.1) is 0 Å². The van der Waals surface area contributed by atoms with Gasteiger partial charge in [0.2, 0.25) is 12.1 Å². The van der Waals surface area contributed by atoms with E-state index in [4.69, 9.17) is 4.74 Å². The van der Waals surface area contributed by atoms with Gasteiger partial charge < -0.3 is 20.2 Å². The van der Waals surface area contributed by atoms with Crippen LogP contribution in [0.15, 0.2) is 30.6 Å². The predicted octanol–water partition coefficient (Wildman–Crippen LogP) is 2.63. The van der Waals surface area contributed by atoms with Crippen molar-refractivity contribution in [3.8, 4) is 0 Å². The van der Waals surface area contributed by atoms with Gasteiger partial charge in [0.1, 0.15) is 5.82 Å². The van der Waals surface area contributed by atoms with E-state index in [1.54, 1.807) is 17.7 Å². The Morgan fingerprint density at radius 2 is 2.21 bits per heavy atom. The van der Waals surface area contributed by atoms with Gasteiger partial charge in [-0.05, 0) is 40.4 Å². The number of halogens is 1. The summed E-state index contributed by atoms with van der Waals surface area (Å²) in [5.41, 5.74) is 0.543. The van der Waals surface area contributed by atoms with E-state index < -0.39 is 4.92 Å². The van der Waals surface area contributed by atoms with Gasteiger partial charge >= 0.3 is 5.82 Å². The van der Waals surface area contributed by atoms with Crippen molar-refractivity contribution in [3.05, 3.63) is 52.1 Å². The van der Waals surface area contributed by atoms with Crippen molar-refractivity contribution in [2.45, 2.75) is 18.3 Å². The van der Waals surface area contributed by atoms with E-state index in [1.165, 1.54) is 18.5 Å². The second kappa shape index (κ2) is 6.56. The molecule has 0 bridgehead atoms. The third kappa shape index (κ3) is 3.09. The number of hydrogen-bond acceptors (Lipinski definition) is 5. The van der Waals surface area contributed by atoms with Gasteiger partial charge in [-0.1, -0.05) is 12.1 Å². The number of nitro groups is 1. The Labute approximate surface area is 138 Å². The number of ether oxygens (including phenoxy) is 1. The first-order valence-electron chi connectivity index (χ1n) is 7.75. The van der Waals surface area contributed by atoms with Gasteiger partial charge in [-0.3, -0.25) is 4.57 Å². The molecule has 0 unspecified atom stereocenters. The monoisotopic (exact) mass is 334 g/mol. The lowest BCUT2D eigenvalue weighted by Crippen LogP contribution is -2.40. The first kappa shape index (κ1) is 16.4. The molecule has 0 radical (unpaired) electrons. The highest BCUT2D eigenvalue weighted by molar-refractivity contribution is 5.52. The molecule has 8 heteroatoms. The van der Waals surface area contributed by atoms with Gasteiger partial charge in [-0.25, -0.2) is 4.39 Å². The Morgan fingerprint density at radius 1 is 1.46 bits per heavy atom. The van der Waals surface area contributed by atoms with Crippen LogP contribution in [0.1, 0.15) is 18.4 Å². The van der Waals surface area contributed by atoms with Crippen LogP contribution in [0.3, 0.4) is 0 Å². The number of nitrogens with zero attached hydrogens (tertiary/aromatic N) is 3. The van der Waals surface area contributed by atoms with Crippen LogP contribution in [0.25, 0.3) is 0 Å². The van der Waals surface area contributed by atoms with Crippen LogP contribution in [0.4, 0.5) is 16.0 Å². The molecular formula is C16H19FN4O3. The van der Waals surface area contributed by atoms with E-state index in [1.807, 2.05) is 6.07 Å². The largest absolute Gasteiger partial charge is 0.406 e. The number of benzene rings is 1. The topological polar surface area (TPSA) is 82.2 Å². The molecule has 0 atom stereocenters. The van der Waals surface area contributed by atoms with E-state index in [-0.39, 0.29) is 17.1 Å². The highest BCUT2D eigenvalue weighted by atomic mass is 19.1. The maximum atomic E-state index is 13.7. The zero-order chi connectivity index (χ0) is 17.2. The van der Waals surface area contributed by atoms with Gasteiger partial charge in [0, 0.05) is 32.2 Å². The molecule has 128 valence electrons. The van der Waals surface area contributed by atoms with E-state index in [0.717, 1.165) is 18.4 Å². The fraction of sp³-hybridized carbons (Fsp3) is 0.438. The number of anilines is 1. The number of rotatable bonds is 5. The molecule has 0 aliphatic carbocycles. The molecule has 0 spiro atoms. The molecule has 7 nitrogen and oxygen atoms in total. The first-order chi connectivity index (χ1) is 11.5. The van der Waals surface area contributed by atoms with E-state index >= 15 is 0 Å². The van der Waals surface area contributed by atoms with Gasteiger partial charge in [-0.2, -0.15) is 0 Å². The molecule has 1 aromatic heterocycles. The zero-order valence-corrected chi connectivity index (χ0v) is 13.4. The minimum absolute atomic E-state index is 0.209. The average Bonchev–Trinajstić information content (AvgIpc) is 2.95. The molecule has 3 rings (SSSR count). The van der Waals surface area contributed by atoms with Crippen LogP contribution >= 0.6 is 0 Å². The van der Waals surface area contributed by atoms with Gasteiger partial charge in [0.25, 0.3) is 0 Å². The second-order valence-corrected chi connectivity index (χ2v) is 6.04. The van der Waals surface area contributed by atoms with Crippen molar-refractivity contribution in [1.82, 2.24) is 9.55 Å². The van der Waals surface area contributed by atoms with Crippen LogP contribution in [0.2, 0.25) is 0 Å². The van der Waals surface area contributed by atoms with Crippen molar-refractivity contribution >= 4 is 11.6 Å². The number of imidazole rings is 1. The Balaban J connectivity index is 1.89. The molecule has 1 saturated heterocycles. The van der Waals surface area contributed by atoms with E-state index in [0.29, 0.717) is 25.6 Å². The molecule has 0 saturated carbocycles. The van der Waals surface area contributed by atoms with E-state index in [9.17, 15) is 14.5 Å². The maximum absolute atomic E-state index is 13.7. The number of nitrogens with one attached hydrogen (secondary N) is 1. The summed E-state index contributed by atoms with van der Waals surface area (Å²) in [6.45, 7) is 1.59. The Hall–Kier alpha value is -2.48. The lowest BCUT2D eigenvalue weighted by Gasteiger charge is -2.38. The van der Waals surface area contributed by atoms with Crippen LogP contribution < -0.4 is 5.32 Å². The lowest BCUT2D eigenvalue weighted by atomic mass is 9.74. The number of aryl methyl sites for hydroxylation is 1. The summed E-state index contributed by atoms with van der Waals surface area (Å²) in [4.78, 5) is 14.4. The Morgan fingerprint density at radius 3 is 2.88 bits per heavy atom. The number of hydrogen-bond donors (Lipinski definition) is 1. The van der Waals surface area contributed by atoms with Crippen molar-refractivity contribution in [2.75, 3.05) is 25.1 Å². The second-order valence-electron chi connectivity index (χ2n) is 6.04. The predicted molar refractivity (Wildman–Crippen MR) is 86.5 cm³/mol. The molecule has 1 fully saturated rings. The smallest absolute Gasteiger partial charge is 0.381 e. The van der Waals surface area contributed by atoms with Crippen LogP contribution in [0.5, 0.6) is 0 Å². The summed E-state index contributed by atoms with van der Waals surface area (Å²) < 4.78 is 20.7. The molecule has 2 heterocycles. The van der Waals surface area contributed by atoms with Crippen LogP contribution in [0, 0.1) is 15.9 Å². The first-order valence-corrected chi connectivity index (χ1v) is 7.75. The molecule has 1 aromatic carbocycles. The Kier molecular flexibility index (Phi) is 4.48. The molecule has 24 heavy (non-hydrogen) atoms. The summed E-state index contributed by atoms with van der Waals surface area (Å²) in [5.74, 6) is -0.147. The third-order valence-electron chi connectivity index (χ3n) is 4.57. The molecule has 0 amide bonds. The SMILES string of the molecule is Cn1cnc([N+](=O)[O-])c1NCC1(c2cccc(F)c2)CCOCC1. The summed E-state index contributed by atoms with van der Waals surface area (Å²) in [6, 6.07) is 6.53. The summed E-state index contributed by atoms with van der Waals surface area (Å²) in [7, 11) is 1.70. The molecule has 2 aromatic rings. The fourth-order valence-corrected chi connectivity index (χ4v) is 3.16. The standard InChI is InChI=1S/C16H19FN4O3/c1-20-11-19-15(21(22)23)14(20)18-10-16(5-7-24-8-6-16)12-3-2-4-13(17)9-12/h2-4,9,11,18H,5-8,10H2,1H3. The molecule has 1 N–H and O–H groups in total. The molecule has 1 aliphatic rings. The summed E-state index contributed by atoms with van der Waals surface area (Å²) >= 11 is 0. The Bertz CT molecular complexity index is 741. The van der Waals surface area contributed by atoms with Crippen LogP contribution in [-0.4, -0.2) is 34.2 Å². The summed E-state index contributed by atoms with van der Waals surface area (Å²) in [5, 5.41) is 14.3. The maximum Gasteiger partial charge on any atom is 0.406 e. The fourth-order valence-electron chi connectivity index (χ4n) is 3.16. The normalized spacial score (nSPS) is 16.8. The lowest BCUT2D eigenvalue weighted by molar-refractivity contribution is -0.388. The minimum Gasteiger partial charge on any atom is -0.381 e. The van der Waals surface area contributed by atoms with Crippen molar-refractivity contribution in [1.29, 1.82) is 0 Å². The minimum atomic E-state index is -0.513. The van der Waals surface area contributed by atoms with E-state index in [2.05, 4.69) is 10.3 Å². The van der Waals surface area contributed by atoms with Crippen LogP contribution in [-0.2, 0) is 17.2 Å². The zero-order valence-electron chi connectivity index (χ0n) is 13.4. The average molecular weight is 334 g/mol. The molecular weight excluding hydrogens is 315 g/mol. The highest BCUT2D eigenvalue weighted by Gasteiger charge is 2.35. The number of aromatic nitrogens is 2. The third-order valence-corrected chi connectivity index (χ3v) is 4.57. The van der Waals surface area contributed by atoms with Gasteiger partial charge in [0.15, 0.2) is 0 Å². The quantitative estimate of drug-likeness (QED) is 0.671. The molecule has 1 aliphatic heterocycles. The van der Waals surface area contributed by atoms with Crippen molar-refractivity contribution in [2.24, 2.45) is 7.05 Å². The summed E-state index contributed by atoms with van der Waals surface area (Å²) in [6.07, 6.45) is 2.84.